The second-order valence-electron chi connectivity index (χ2n) is 4.05. The Kier molecular flexibility index (Phi) is 3.42. The van der Waals surface area contributed by atoms with Gasteiger partial charge in [0.1, 0.15) is 5.82 Å². The Morgan fingerprint density at radius 1 is 1.22 bits per heavy atom. The molecule has 0 amide bonds. The molecule has 0 aromatic heterocycles. The molecule has 1 N–H and O–H groups in total. The summed E-state index contributed by atoms with van der Waals surface area (Å²) in [5.41, 5.74) is 2.45. The van der Waals surface area contributed by atoms with Crippen molar-refractivity contribution in [2.45, 2.75) is 13.3 Å². The molecule has 0 saturated heterocycles. The molecular formula is C15H13FO2. The molecule has 2 nitrogen and oxygen atoms in total. The van der Waals surface area contributed by atoms with Crippen molar-refractivity contribution in [3.05, 3.63) is 59.4 Å². The first-order valence-electron chi connectivity index (χ1n) is 5.74. The Bertz CT molecular complexity index is 591. The van der Waals surface area contributed by atoms with Crippen LogP contribution in [0.25, 0.3) is 11.1 Å². The molecule has 0 aliphatic carbocycles. The summed E-state index contributed by atoms with van der Waals surface area (Å²) in [5, 5.41) is 9.11. The van der Waals surface area contributed by atoms with Crippen LogP contribution in [0.1, 0.15) is 22.8 Å². The van der Waals surface area contributed by atoms with Crippen molar-refractivity contribution in [2.24, 2.45) is 0 Å². The van der Waals surface area contributed by atoms with Gasteiger partial charge in [0, 0.05) is 0 Å². The van der Waals surface area contributed by atoms with Crippen LogP contribution < -0.4 is 0 Å². The van der Waals surface area contributed by atoms with E-state index < -0.39 is 11.8 Å². The lowest BCUT2D eigenvalue weighted by Gasteiger charge is -2.08. The molecule has 0 aliphatic heterocycles. The third-order valence-electron chi connectivity index (χ3n) is 2.86. The summed E-state index contributed by atoms with van der Waals surface area (Å²) in [7, 11) is 0. The van der Waals surface area contributed by atoms with Gasteiger partial charge in [-0.3, -0.25) is 0 Å². The monoisotopic (exact) mass is 244 g/mol. The molecular weight excluding hydrogens is 231 g/mol. The van der Waals surface area contributed by atoms with E-state index in [2.05, 4.69) is 0 Å². The van der Waals surface area contributed by atoms with Crippen LogP contribution >= 0.6 is 0 Å². The van der Waals surface area contributed by atoms with Crippen molar-refractivity contribution in [1.82, 2.24) is 0 Å². The highest BCUT2D eigenvalue weighted by Gasteiger charge is 2.12. The maximum Gasteiger partial charge on any atom is 0.336 e. The number of carbonyl (C=O) groups is 1. The molecule has 0 bridgehead atoms. The highest BCUT2D eigenvalue weighted by Crippen LogP contribution is 2.25. The Morgan fingerprint density at radius 3 is 2.67 bits per heavy atom. The normalized spacial score (nSPS) is 10.3. The highest BCUT2D eigenvalue weighted by molar-refractivity contribution is 5.96. The van der Waals surface area contributed by atoms with Crippen molar-refractivity contribution in [3.8, 4) is 11.1 Å². The summed E-state index contributed by atoms with van der Waals surface area (Å²) < 4.78 is 13.1. The maximum atomic E-state index is 13.1. The fourth-order valence-electron chi connectivity index (χ4n) is 1.90. The van der Waals surface area contributed by atoms with Crippen molar-refractivity contribution in [2.75, 3.05) is 0 Å². The smallest absolute Gasteiger partial charge is 0.336 e. The summed E-state index contributed by atoms with van der Waals surface area (Å²) >= 11 is 0. The second kappa shape index (κ2) is 5.00. The van der Waals surface area contributed by atoms with Crippen molar-refractivity contribution >= 4 is 5.97 Å². The first-order chi connectivity index (χ1) is 8.61. The van der Waals surface area contributed by atoms with Gasteiger partial charge in [-0.1, -0.05) is 37.3 Å². The van der Waals surface area contributed by atoms with Gasteiger partial charge in [-0.25, -0.2) is 9.18 Å². The zero-order chi connectivity index (χ0) is 13.1. The van der Waals surface area contributed by atoms with E-state index in [4.69, 9.17) is 5.11 Å². The highest BCUT2D eigenvalue weighted by atomic mass is 19.1. The summed E-state index contributed by atoms with van der Waals surface area (Å²) in [6.45, 7) is 2.03. The zero-order valence-corrected chi connectivity index (χ0v) is 9.98. The lowest BCUT2D eigenvalue weighted by Crippen LogP contribution is -2.00. The fourth-order valence-corrected chi connectivity index (χ4v) is 1.90. The molecule has 0 heterocycles. The molecule has 0 saturated carbocycles. The van der Waals surface area contributed by atoms with Crippen LogP contribution in [0.2, 0.25) is 0 Å². The number of benzene rings is 2. The summed E-state index contributed by atoms with van der Waals surface area (Å²) in [5.74, 6) is -1.66. The van der Waals surface area contributed by atoms with Gasteiger partial charge in [0.25, 0.3) is 0 Å². The summed E-state index contributed by atoms with van der Waals surface area (Å²) in [4.78, 5) is 11.1. The molecule has 0 radical (unpaired) electrons. The van der Waals surface area contributed by atoms with Crippen LogP contribution in [0.5, 0.6) is 0 Å². The van der Waals surface area contributed by atoms with Crippen LogP contribution in [0.4, 0.5) is 4.39 Å². The summed E-state index contributed by atoms with van der Waals surface area (Å²) in [6.07, 6.45) is 0.872. The second-order valence-corrected chi connectivity index (χ2v) is 4.05. The van der Waals surface area contributed by atoms with Gasteiger partial charge in [-0.2, -0.15) is 0 Å². The largest absolute Gasteiger partial charge is 0.478 e. The van der Waals surface area contributed by atoms with E-state index in [-0.39, 0.29) is 5.56 Å². The van der Waals surface area contributed by atoms with Gasteiger partial charge in [-0.05, 0) is 35.2 Å². The topological polar surface area (TPSA) is 37.3 Å². The third kappa shape index (κ3) is 2.40. The number of aromatic carboxylic acids is 1. The van der Waals surface area contributed by atoms with Gasteiger partial charge in [-0.15, -0.1) is 0 Å². The maximum absolute atomic E-state index is 13.1. The van der Waals surface area contributed by atoms with E-state index in [1.807, 2.05) is 31.2 Å². The third-order valence-corrected chi connectivity index (χ3v) is 2.86. The van der Waals surface area contributed by atoms with Gasteiger partial charge >= 0.3 is 5.97 Å². The quantitative estimate of drug-likeness (QED) is 0.892. The molecule has 0 spiro atoms. The van der Waals surface area contributed by atoms with Crippen LogP contribution in [-0.4, -0.2) is 11.1 Å². The van der Waals surface area contributed by atoms with Gasteiger partial charge < -0.3 is 5.11 Å². The molecule has 0 fully saturated rings. The van der Waals surface area contributed by atoms with Crippen LogP contribution in [0.15, 0.2) is 42.5 Å². The Hall–Kier alpha value is -2.16. The number of hydrogen-bond acceptors (Lipinski definition) is 1. The van der Waals surface area contributed by atoms with Crippen molar-refractivity contribution in [1.29, 1.82) is 0 Å². The minimum Gasteiger partial charge on any atom is -0.478 e. The number of carboxylic acids is 1. The molecule has 3 heteroatoms. The van der Waals surface area contributed by atoms with Crippen molar-refractivity contribution < 1.29 is 14.3 Å². The van der Waals surface area contributed by atoms with Crippen LogP contribution in [-0.2, 0) is 6.42 Å². The number of hydrogen-bond donors (Lipinski definition) is 1. The average molecular weight is 244 g/mol. The van der Waals surface area contributed by atoms with E-state index in [1.54, 1.807) is 0 Å². The molecule has 0 unspecified atom stereocenters. The predicted octanol–water partition coefficient (Wildman–Crippen LogP) is 3.75. The molecule has 2 rings (SSSR count). The lowest BCUT2D eigenvalue weighted by molar-refractivity contribution is 0.0697. The van der Waals surface area contributed by atoms with Crippen molar-refractivity contribution in [3.63, 3.8) is 0 Å². The molecule has 0 aliphatic rings. The molecule has 92 valence electrons. The Morgan fingerprint density at radius 2 is 2.00 bits per heavy atom. The Labute approximate surface area is 105 Å². The van der Waals surface area contributed by atoms with E-state index in [0.717, 1.165) is 23.6 Å². The van der Waals surface area contributed by atoms with E-state index in [0.29, 0.717) is 5.56 Å². The molecule has 2 aromatic rings. The van der Waals surface area contributed by atoms with Gasteiger partial charge in [0.15, 0.2) is 0 Å². The van der Waals surface area contributed by atoms with E-state index >= 15 is 0 Å². The first kappa shape index (κ1) is 12.3. The summed E-state index contributed by atoms with van der Waals surface area (Å²) in [6, 6.07) is 11.5. The number of carboxylic acid groups (broad SMARTS) is 1. The lowest BCUT2D eigenvalue weighted by atomic mass is 9.97. The van der Waals surface area contributed by atoms with Gasteiger partial charge in [0.2, 0.25) is 0 Å². The number of rotatable bonds is 3. The fraction of sp³-hybridized carbons (Fsp3) is 0.133. The zero-order valence-electron chi connectivity index (χ0n) is 9.98. The van der Waals surface area contributed by atoms with Gasteiger partial charge in [0.05, 0.1) is 5.56 Å². The van der Waals surface area contributed by atoms with Crippen LogP contribution in [0.3, 0.4) is 0 Å². The first-order valence-corrected chi connectivity index (χ1v) is 5.74. The minimum absolute atomic E-state index is 0.0109. The standard InChI is InChI=1S/C15H13FO2/c1-2-10-4-3-5-11(8-10)13-7-6-12(16)9-14(13)15(17)18/h3-9H,2H2,1H3,(H,17,18). The van der Waals surface area contributed by atoms with Crippen LogP contribution in [0, 0.1) is 5.82 Å². The number of halogens is 1. The molecule has 2 aromatic carbocycles. The molecule has 0 atom stereocenters. The Balaban J connectivity index is 2.59. The predicted molar refractivity (Wildman–Crippen MR) is 68.2 cm³/mol. The van der Waals surface area contributed by atoms with E-state index in [1.165, 1.54) is 12.1 Å². The minimum atomic E-state index is -1.12. The molecule has 18 heavy (non-hydrogen) atoms. The number of aryl methyl sites for hydroxylation is 1. The van der Waals surface area contributed by atoms with E-state index in [9.17, 15) is 9.18 Å². The average Bonchev–Trinajstić information content (AvgIpc) is 2.38. The SMILES string of the molecule is CCc1cccc(-c2ccc(F)cc2C(=O)O)c1.